The zero-order valence-corrected chi connectivity index (χ0v) is 13.4. The number of nitrogen functional groups attached to an aromatic ring is 1. The highest BCUT2D eigenvalue weighted by Gasteiger charge is 2.41. The number of carbonyl (C=O) groups excluding carboxylic acids is 1. The summed E-state index contributed by atoms with van der Waals surface area (Å²) in [4.78, 5) is 11.6. The zero-order chi connectivity index (χ0) is 17.3. The maximum Gasteiger partial charge on any atom is 0.265 e. The van der Waals surface area contributed by atoms with E-state index in [1.807, 2.05) is 4.72 Å². The Morgan fingerprint density at radius 1 is 1.22 bits per heavy atom. The van der Waals surface area contributed by atoms with Crippen molar-refractivity contribution >= 4 is 21.6 Å². The SMILES string of the molecule is COC1(C(=O)NS(=O)(=O)c2cc(F)c(N)c(F)c2)CCCCC1. The van der Waals surface area contributed by atoms with E-state index in [1.54, 1.807) is 0 Å². The zero-order valence-electron chi connectivity index (χ0n) is 12.6. The number of ether oxygens (including phenoxy) is 1. The van der Waals surface area contributed by atoms with Gasteiger partial charge in [-0.15, -0.1) is 0 Å². The maximum atomic E-state index is 13.4. The van der Waals surface area contributed by atoms with Gasteiger partial charge in [0.2, 0.25) is 0 Å². The summed E-state index contributed by atoms with van der Waals surface area (Å²) in [6.45, 7) is 0. The van der Waals surface area contributed by atoms with E-state index in [2.05, 4.69) is 0 Å². The lowest BCUT2D eigenvalue weighted by Crippen LogP contribution is -2.51. The standard InChI is InChI=1S/C14H18F2N2O4S/c1-22-14(5-3-2-4-6-14)13(19)18-23(20,21)9-7-10(15)12(17)11(16)8-9/h7-8H,2-6,17H2,1H3,(H,18,19). The first-order chi connectivity index (χ1) is 10.7. The number of sulfonamides is 1. The van der Waals surface area contributed by atoms with Crippen LogP contribution in [-0.2, 0) is 19.6 Å². The summed E-state index contributed by atoms with van der Waals surface area (Å²) >= 11 is 0. The molecular formula is C14H18F2N2O4S. The van der Waals surface area contributed by atoms with Crippen molar-refractivity contribution in [3.63, 3.8) is 0 Å². The molecule has 3 N–H and O–H groups in total. The van der Waals surface area contributed by atoms with Crippen molar-refractivity contribution < 1.29 is 26.7 Å². The Morgan fingerprint density at radius 2 is 1.74 bits per heavy atom. The van der Waals surface area contributed by atoms with Gasteiger partial charge in [0.05, 0.1) is 4.90 Å². The van der Waals surface area contributed by atoms with Gasteiger partial charge < -0.3 is 10.5 Å². The highest BCUT2D eigenvalue weighted by Crippen LogP contribution is 2.32. The molecule has 9 heteroatoms. The molecule has 2 rings (SSSR count). The lowest BCUT2D eigenvalue weighted by molar-refractivity contribution is -0.145. The summed E-state index contributed by atoms with van der Waals surface area (Å²) in [5, 5.41) is 0. The number of hydrogen-bond donors (Lipinski definition) is 2. The Hall–Kier alpha value is -1.74. The Bertz CT molecular complexity index is 692. The molecule has 128 valence electrons. The number of rotatable bonds is 4. The number of carbonyl (C=O) groups is 1. The van der Waals surface area contributed by atoms with Crippen LogP contribution in [-0.4, -0.2) is 27.0 Å². The number of nitrogens with two attached hydrogens (primary N) is 1. The third-order valence-corrected chi connectivity index (χ3v) is 5.37. The summed E-state index contributed by atoms with van der Waals surface area (Å²) in [7, 11) is -3.10. The van der Waals surface area contributed by atoms with E-state index >= 15 is 0 Å². The average molecular weight is 348 g/mol. The van der Waals surface area contributed by atoms with E-state index in [0.29, 0.717) is 25.0 Å². The summed E-state index contributed by atoms with van der Waals surface area (Å²) < 4.78 is 58.4. The molecule has 1 aliphatic rings. The van der Waals surface area contributed by atoms with E-state index < -0.39 is 43.7 Å². The van der Waals surface area contributed by atoms with E-state index in [0.717, 1.165) is 19.3 Å². The molecule has 1 amide bonds. The lowest BCUT2D eigenvalue weighted by atomic mass is 9.84. The Labute approximate surface area is 133 Å². The molecule has 23 heavy (non-hydrogen) atoms. The number of anilines is 1. The number of halogens is 2. The Kier molecular flexibility index (Phi) is 4.90. The first-order valence-corrected chi connectivity index (χ1v) is 8.57. The van der Waals surface area contributed by atoms with Crippen molar-refractivity contribution in [2.24, 2.45) is 0 Å². The molecule has 0 heterocycles. The van der Waals surface area contributed by atoms with Crippen LogP contribution in [0.3, 0.4) is 0 Å². The fraction of sp³-hybridized carbons (Fsp3) is 0.500. The van der Waals surface area contributed by atoms with Crippen LogP contribution in [0.1, 0.15) is 32.1 Å². The number of nitrogens with one attached hydrogen (secondary N) is 1. The molecule has 1 saturated carbocycles. The molecule has 0 bridgehead atoms. The van der Waals surface area contributed by atoms with Crippen molar-refractivity contribution in [1.29, 1.82) is 0 Å². The van der Waals surface area contributed by atoms with Gasteiger partial charge in [-0.25, -0.2) is 21.9 Å². The highest BCUT2D eigenvalue weighted by molar-refractivity contribution is 7.90. The third-order valence-electron chi connectivity index (χ3n) is 4.06. The molecule has 0 atom stereocenters. The second-order valence-electron chi connectivity index (χ2n) is 5.49. The minimum Gasteiger partial charge on any atom is -0.394 e. The minimum absolute atomic E-state index is 0.384. The number of benzene rings is 1. The van der Waals surface area contributed by atoms with Gasteiger partial charge in [-0.2, -0.15) is 0 Å². The largest absolute Gasteiger partial charge is 0.394 e. The lowest BCUT2D eigenvalue weighted by Gasteiger charge is -2.34. The molecule has 1 aromatic rings. The van der Waals surface area contributed by atoms with Gasteiger partial charge in [0.25, 0.3) is 15.9 Å². The van der Waals surface area contributed by atoms with Crippen molar-refractivity contribution in [3.05, 3.63) is 23.8 Å². The molecule has 0 spiro atoms. The van der Waals surface area contributed by atoms with Crippen LogP contribution >= 0.6 is 0 Å². The first-order valence-electron chi connectivity index (χ1n) is 7.09. The van der Waals surface area contributed by atoms with Crippen LogP contribution in [0.4, 0.5) is 14.5 Å². The molecule has 1 aliphatic carbocycles. The topological polar surface area (TPSA) is 98.5 Å². The normalized spacial score (nSPS) is 17.7. The summed E-state index contributed by atoms with van der Waals surface area (Å²) in [6, 6.07) is 1.13. The minimum atomic E-state index is -4.43. The molecule has 0 saturated heterocycles. The molecule has 0 aliphatic heterocycles. The molecule has 1 fully saturated rings. The van der Waals surface area contributed by atoms with Crippen molar-refractivity contribution in [2.75, 3.05) is 12.8 Å². The third kappa shape index (κ3) is 3.45. The average Bonchev–Trinajstić information content (AvgIpc) is 2.52. The van der Waals surface area contributed by atoms with Crippen LogP contribution in [0.2, 0.25) is 0 Å². The quantitative estimate of drug-likeness (QED) is 0.807. The predicted octanol–water partition coefficient (Wildman–Crippen LogP) is 1.70. The van der Waals surface area contributed by atoms with E-state index in [-0.39, 0.29) is 0 Å². The smallest absolute Gasteiger partial charge is 0.265 e. The maximum absolute atomic E-state index is 13.4. The van der Waals surface area contributed by atoms with Crippen molar-refractivity contribution in [1.82, 2.24) is 4.72 Å². The van der Waals surface area contributed by atoms with Crippen molar-refractivity contribution in [3.8, 4) is 0 Å². The monoisotopic (exact) mass is 348 g/mol. The second-order valence-corrected chi connectivity index (χ2v) is 7.18. The van der Waals surface area contributed by atoms with Crippen LogP contribution in [0.15, 0.2) is 17.0 Å². The van der Waals surface area contributed by atoms with Gasteiger partial charge in [-0.05, 0) is 25.0 Å². The van der Waals surface area contributed by atoms with Gasteiger partial charge in [-0.3, -0.25) is 4.79 Å². The van der Waals surface area contributed by atoms with Gasteiger partial charge in [0.1, 0.15) is 22.9 Å². The van der Waals surface area contributed by atoms with Crippen molar-refractivity contribution in [2.45, 2.75) is 42.6 Å². The molecule has 0 radical (unpaired) electrons. The molecule has 6 nitrogen and oxygen atoms in total. The molecule has 0 aromatic heterocycles. The fourth-order valence-corrected chi connectivity index (χ4v) is 3.70. The van der Waals surface area contributed by atoms with Gasteiger partial charge in [0, 0.05) is 7.11 Å². The predicted molar refractivity (Wildman–Crippen MR) is 78.9 cm³/mol. The fourth-order valence-electron chi connectivity index (χ4n) is 2.64. The molecule has 0 unspecified atom stereocenters. The van der Waals surface area contributed by atoms with Gasteiger partial charge >= 0.3 is 0 Å². The van der Waals surface area contributed by atoms with Crippen LogP contribution in [0.25, 0.3) is 0 Å². The molecular weight excluding hydrogens is 330 g/mol. The Morgan fingerprint density at radius 3 is 2.22 bits per heavy atom. The number of amides is 1. The van der Waals surface area contributed by atoms with Crippen LogP contribution in [0.5, 0.6) is 0 Å². The summed E-state index contributed by atoms with van der Waals surface area (Å²) in [5.41, 5.74) is 3.08. The highest BCUT2D eigenvalue weighted by atomic mass is 32.2. The van der Waals surface area contributed by atoms with Crippen LogP contribution in [0, 0.1) is 11.6 Å². The van der Waals surface area contributed by atoms with Crippen LogP contribution < -0.4 is 10.5 Å². The van der Waals surface area contributed by atoms with E-state index in [4.69, 9.17) is 10.5 Å². The van der Waals surface area contributed by atoms with Gasteiger partial charge in [-0.1, -0.05) is 19.3 Å². The van der Waals surface area contributed by atoms with E-state index in [9.17, 15) is 22.0 Å². The second kappa shape index (κ2) is 6.40. The molecule has 1 aromatic carbocycles. The summed E-state index contributed by atoms with van der Waals surface area (Å²) in [5.74, 6) is -3.26. The Balaban J connectivity index is 2.29. The number of hydrogen-bond acceptors (Lipinski definition) is 5. The summed E-state index contributed by atoms with van der Waals surface area (Å²) in [6.07, 6.45) is 3.16. The van der Waals surface area contributed by atoms with E-state index in [1.165, 1.54) is 7.11 Å². The van der Waals surface area contributed by atoms with Gasteiger partial charge in [0.15, 0.2) is 0 Å². The first kappa shape index (κ1) is 17.6. The number of methoxy groups -OCH3 is 1.